The Morgan fingerprint density at radius 2 is 2.00 bits per heavy atom. The van der Waals surface area contributed by atoms with Crippen molar-refractivity contribution in [2.24, 2.45) is 5.73 Å². The molecular weight excluding hydrogens is 264 g/mol. The minimum atomic E-state index is 0.00209. The molecule has 3 N–H and O–H groups in total. The van der Waals surface area contributed by atoms with Crippen molar-refractivity contribution < 1.29 is 9.47 Å². The number of nitrogens with two attached hydrogens (primary N) is 1. The van der Waals surface area contributed by atoms with Crippen LogP contribution in [0.3, 0.4) is 0 Å². The van der Waals surface area contributed by atoms with Crippen LogP contribution in [0.5, 0.6) is 11.5 Å². The Bertz CT molecular complexity index is 413. The fraction of sp³-hybridized carbons (Fsp3) is 0.571. The van der Waals surface area contributed by atoms with E-state index in [-0.39, 0.29) is 6.04 Å². The van der Waals surface area contributed by atoms with Crippen LogP contribution < -0.4 is 20.5 Å². The van der Waals surface area contributed by atoms with Crippen LogP contribution in [0.1, 0.15) is 31.9 Å². The maximum atomic E-state index is 6.39. The molecule has 5 heteroatoms. The lowest BCUT2D eigenvalue weighted by Gasteiger charge is -2.24. The van der Waals surface area contributed by atoms with Crippen molar-refractivity contribution in [3.63, 3.8) is 0 Å². The van der Waals surface area contributed by atoms with Gasteiger partial charge in [0, 0.05) is 18.6 Å². The van der Waals surface area contributed by atoms with E-state index in [9.17, 15) is 0 Å². The van der Waals surface area contributed by atoms with Crippen molar-refractivity contribution in [1.82, 2.24) is 5.32 Å². The summed E-state index contributed by atoms with van der Waals surface area (Å²) in [4.78, 5) is 0. The number of nitrogens with one attached hydrogen (secondary N) is 1. The van der Waals surface area contributed by atoms with Crippen molar-refractivity contribution >= 4 is 11.6 Å². The SMILES string of the molecule is CCC(C)NC(CN)c1ccc(OC)c(OC)c1Cl. The van der Waals surface area contributed by atoms with Crippen LogP contribution in [0, 0.1) is 0 Å². The highest BCUT2D eigenvalue weighted by Gasteiger charge is 2.20. The van der Waals surface area contributed by atoms with Crippen molar-refractivity contribution in [3.8, 4) is 11.5 Å². The zero-order valence-corrected chi connectivity index (χ0v) is 12.8. The van der Waals surface area contributed by atoms with Crippen LogP contribution in [0.25, 0.3) is 0 Å². The quantitative estimate of drug-likeness (QED) is 0.809. The third-order valence-electron chi connectivity index (χ3n) is 3.22. The highest BCUT2D eigenvalue weighted by molar-refractivity contribution is 6.33. The zero-order chi connectivity index (χ0) is 14.4. The molecule has 1 aromatic carbocycles. The highest BCUT2D eigenvalue weighted by atomic mass is 35.5. The molecule has 0 radical (unpaired) electrons. The maximum absolute atomic E-state index is 6.39. The number of rotatable bonds is 7. The zero-order valence-electron chi connectivity index (χ0n) is 12.0. The molecule has 4 nitrogen and oxygen atoms in total. The van der Waals surface area contributed by atoms with Gasteiger partial charge in [-0.15, -0.1) is 0 Å². The molecular formula is C14H23ClN2O2. The molecule has 0 fully saturated rings. The van der Waals surface area contributed by atoms with Gasteiger partial charge in [-0.1, -0.05) is 24.6 Å². The number of methoxy groups -OCH3 is 2. The van der Waals surface area contributed by atoms with Gasteiger partial charge in [0.05, 0.1) is 19.2 Å². The van der Waals surface area contributed by atoms with E-state index in [2.05, 4.69) is 19.2 Å². The second-order valence-electron chi connectivity index (χ2n) is 4.47. The molecule has 1 rings (SSSR count). The van der Waals surface area contributed by atoms with Gasteiger partial charge in [0.15, 0.2) is 11.5 Å². The maximum Gasteiger partial charge on any atom is 0.179 e. The Morgan fingerprint density at radius 1 is 1.32 bits per heavy atom. The smallest absolute Gasteiger partial charge is 0.179 e. The summed E-state index contributed by atoms with van der Waals surface area (Å²) in [5.74, 6) is 1.17. The summed E-state index contributed by atoms with van der Waals surface area (Å²) in [5, 5.41) is 4.01. The predicted octanol–water partition coefficient (Wildman–Crippen LogP) is 2.75. The first kappa shape index (κ1) is 16.1. The van der Waals surface area contributed by atoms with E-state index in [4.69, 9.17) is 26.8 Å². The summed E-state index contributed by atoms with van der Waals surface area (Å²) in [5.41, 5.74) is 6.78. The molecule has 0 aliphatic carbocycles. The fourth-order valence-corrected chi connectivity index (χ4v) is 2.28. The predicted molar refractivity (Wildman–Crippen MR) is 79.2 cm³/mol. The molecule has 1 aromatic rings. The Balaban J connectivity index is 3.11. The molecule has 0 aliphatic rings. The summed E-state index contributed by atoms with van der Waals surface area (Å²) in [6.45, 7) is 4.72. The lowest BCUT2D eigenvalue weighted by Crippen LogP contribution is -2.34. The molecule has 0 saturated heterocycles. The summed E-state index contributed by atoms with van der Waals surface area (Å²) in [6, 6.07) is 4.15. The number of benzene rings is 1. The molecule has 0 bridgehead atoms. The first-order chi connectivity index (χ1) is 9.08. The van der Waals surface area contributed by atoms with Gasteiger partial charge in [0.1, 0.15) is 0 Å². The van der Waals surface area contributed by atoms with E-state index < -0.39 is 0 Å². The second-order valence-corrected chi connectivity index (χ2v) is 4.85. The number of halogens is 1. The third kappa shape index (κ3) is 3.75. The average Bonchev–Trinajstić information content (AvgIpc) is 2.44. The third-order valence-corrected chi connectivity index (χ3v) is 3.61. The summed E-state index contributed by atoms with van der Waals surface area (Å²) < 4.78 is 10.5. The molecule has 108 valence electrons. The van der Waals surface area contributed by atoms with Crippen molar-refractivity contribution in [1.29, 1.82) is 0 Å². The van der Waals surface area contributed by atoms with E-state index in [1.165, 1.54) is 0 Å². The normalized spacial score (nSPS) is 14.0. The van der Waals surface area contributed by atoms with E-state index in [0.29, 0.717) is 29.1 Å². The summed E-state index contributed by atoms with van der Waals surface area (Å²) >= 11 is 6.39. The van der Waals surface area contributed by atoms with Crippen molar-refractivity contribution in [3.05, 3.63) is 22.7 Å². The van der Waals surface area contributed by atoms with Gasteiger partial charge in [-0.2, -0.15) is 0 Å². The highest BCUT2D eigenvalue weighted by Crippen LogP contribution is 2.39. The monoisotopic (exact) mass is 286 g/mol. The molecule has 0 spiro atoms. The molecule has 0 aliphatic heterocycles. The van der Waals surface area contributed by atoms with Crippen LogP contribution in [-0.2, 0) is 0 Å². The minimum absolute atomic E-state index is 0.00209. The Hall–Kier alpha value is -0.970. The lowest BCUT2D eigenvalue weighted by molar-refractivity contribution is 0.353. The molecule has 0 saturated carbocycles. The van der Waals surface area contributed by atoms with E-state index in [1.807, 2.05) is 12.1 Å². The summed E-state index contributed by atoms with van der Waals surface area (Å²) in [7, 11) is 3.17. The van der Waals surface area contributed by atoms with Crippen LogP contribution >= 0.6 is 11.6 Å². The van der Waals surface area contributed by atoms with Crippen LogP contribution in [0.15, 0.2) is 12.1 Å². The van der Waals surface area contributed by atoms with Crippen molar-refractivity contribution in [2.75, 3.05) is 20.8 Å². The lowest BCUT2D eigenvalue weighted by atomic mass is 10.0. The topological polar surface area (TPSA) is 56.5 Å². The molecule has 0 amide bonds. The molecule has 2 atom stereocenters. The van der Waals surface area contributed by atoms with Gasteiger partial charge >= 0.3 is 0 Å². The largest absolute Gasteiger partial charge is 0.493 e. The van der Waals surface area contributed by atoms with Gasteiger partial charge in [-0.05, 0) is 25.0 Å². The van der Waals surface area contributed by atoms with E-state index in [0.717, 1.165) is 12.0 Å². The van der Waals surface area contributed by atoms with Crippen molar-refractivity contribution in [2.45, 2.75) is 32.4 Å². The first-order valence-corrected chi connectivity index (χ1v) is 6.83. The van der Waals surface area contributed by atoms with Crippen LogP contribution in [-0.4, -0.2) is 26.8 Å². The van der Waals surface area contributed by atoms with Gasteiger partial charge in [-0.25, -0.2) is 0 Å². The second kappa shape index (κ2) is 7.58. The summed E-state index contributed by atoms with van der Waals surface area (Å²) in [6.07, 6.45) is 1.03. The standard InChI is InChI=1S/C14H23ClN2O2/c1-5-9(2)17-11(8-16)10-6-7-12(18-3)14(19-4)13(10)15/h6-7,9,11,17H,5,8,16H2,1-4H3. The number of hydrogen-bond acceptors (Lipinski definition) is 4. The van der Waals surface area contributed by atoms with Gasteiger partial charge in [0.25, 0.3) is 0 Å². The Kier molecular flexibility index (Phi) is 6.42. The van der Waals surface area contributed by atoms with E-state index >= 15 is 0 Å². The van der Waals surface area contributed by atoms with Crippen LogP contribution in [0.4, 0.5) is 0 Å². The van der Waals surface area contributed by atoms with E-state index in [1.54, 1.807) is 14.2 Å². The average molecular weight is 287 g/mol. The molecule has 0 aromatic heterocycles. The van der Waals surface area contributed by atoms with Crippen LogP contribution in [0.2, 0.25) is 5.02 Å². The molecule has 0 heterocycles. The number of hydrogen-bond donors (Lipinski definition) is 2. The fourth-order valence-electron chi connectivity index (χ4n) is 1.92. The first-order valence-electron chi connectivity index (χ1n) is 6.45. The van der Waals surface area contributed by atoms with Gasteiger partial charge in [0.2, 0.25) is 0 Å². The Labute approximate surface area is 120 Å². The molecule has 2 unspecified atom stereocenters. The van der Waals surface area contributed by atoms with Gasteiger partial charge in [-0.3, -0.25) is 0 Å². The number of ether oxygens (including phenoxy) is 2. The Morgan fingerprint density at radius 3 is 2.47 bits per heavy atom. The molecule has 19 heavy (non-hydrogen) atoms. The van der Waals surface area contributed by atoms with Gasteiger partial charge < -0.3 is 20.5 Å². The minimum Gasteiger partial charge on any atom is -0.493 e.